The lowest BCUT2D eigenvalue weighted by Gasteiger charge is -2.16. The van der Waals surface area contributed by atoms with Crippen LogP contribution in [0.5, 0.6) is 0 Å². The smallest absolute Gasteiger partial charge is 0.269 e. The molecule has 0 fully saturated rings. The van der Waals surface area contributed by atoms with Gasteiger partial charge < -0.3 is 0 Å². The Morgan fingerprint density at radius 1 is 0.567 bits per heavy atom. The zero-order chi connectivity index (χ0) is 22.8. The van der Waals surface area contributed by atoms with E-state index in [1.807, 2.05) is 24.3 Å². The summed E-state index contributed by atoms with van der Waals surface area (Å²) in [6, 6.07) is 14.2. The van der Waals surface area contributed by atoms with Gasteiger partial charge in [0, 0.05) is 11.4 Å². The average Bonchev–Trinajstić information content (AvgIpc) is 2.60. The standard InChI is InChI=1S/C16H14Br6N2O4S2/c17-15(18,19)29(25,26)23-13-7-3-11(4-8-13)1-2-12-5-9-14(10-6-12)24-30(27,28)16(20,21)22/h3-10,23-24H,1-2H2. The number of aryl methyl sites for hydroxylation is 2. The molecule has 0 aliphatic heterocycles. The molecule has 2 rings (SSSR count). The van der Waals surface area contributed by atoms with Crippen molar-refractivity contribution in [3.63, 3.8) is 0 Å². The fraction of sp³-hybridized carbons (Fsp3) is 0.250. The topological polar surface area (TPSA) is 92.3 Å². The Balaban J connectivity index is 1.96. The summed E-state index contributed by atoms with van der Waals surface area (Å²) in [7, 11) is -7.41. The number of hydrogen-bond acceptors (Lipinski definition) is 4. The molecule has 0 atom stereocenters. The molecule has 0 saturated heterocycles. The number of benzene rings is 2. The lowest BCUT2D eigenvalue weighted by atomic mass is 10.0. The Bertz CT molecular complexity index is 989. The first-order valence-electron chi connectivity index (χ1n) is 7.97. The Labute approximate surface area is 226 Å². The first-order chi connectivity index (χ1) is 13.6. The van der Waals surface area contributed by atoms with Gasteiger partial charge >= 0.3 is 0 Å². The van der Waals surface area contributed by atoms with Crippen LogP contribution in [0.2, 0.25) is 0 Å². The summed E-state index contributed by atoms with van der Waals surface area (Å²) >= 11 is 17.9. The van der Waals surface area contributed by atoms with E-state index in [-0.39, 0.29) is 0 Å². The van der Waals surface area contributed by atoms with Crippen LogP contribution in [-0.4, -0.2) is 19.8 Å². The normalized spacial score (nSPS) is 13.1. The van der Waals surface area contributed by atoms with Gasteiger partial charge in [0.1, 0.15) is 0 Å². The lowest BCUT2D eigenvalue weighted by molar-refractivity contribution is 0.602. The molecule has 0 aliphatic rings. The van der Waals surface area contributed by atoms with Crippen molar-refractivity contribution in [2.45, 2.75) is 15.8 Å². The maximum atomic E-state index is 12.1. The third-order valence-corrected chi connectivity index (χ3v) is 13.6. The molecule has 2 aromatic carbocycles. The molecule has 2 N–H and O–H groups in total. The largest absolute Gasteiger partial charge is 0.281 e. The fourth-order valence-corrected chi connectivity index (χ4v) is 4.77. The summed E-state index contributed by atoms with van der Waals surface area (Å²) in [5.41, 5.74) is 2.96. The summed E-state index contributed by atoms with van der Waals surface area (Å²) in [4.78, 5) is 0. The third kappa shape index (κ3) is 7.70. The highest BCUT2D eigenvalue weighted by Gasteiger charge is 2.36. The minimum absolute atomic E-state index is 0.444. The monoisotopic (exact) mass is 836 g/mol. The molecule has 0 aliphatic carbocycles. The molecule has 2 aromatic rings. The molecule has 0 amide bonds. The Morgan fingerprint density at radius 2 is 0.833 bits per heavy atom. The van der Waals surface area contributed by atoms with Crippen LogP contribution in [0.15, 0.2) is 48.5 Å². The van der Waals surface area contributed by atoms with E-state index in [1.54, 1.807) is 24.3 Å². The van der Waals surface area contributed by atoms with E-state index in [0.717, 1.165) is 24.0 Å². The van der Waals surface area contributed by atoms with Gasteiger partial charge in [0.2, 0.25) is 0 Å². The van der Waals surface area contributed by atoms with Crippen LogP contribution in [0.3, 0.4) is 0 Å². The van der Waals surface area contributed by atoms with Gasteiger partial charge in [0.15, 0.2) is 0 Å². The minimum Gasteiger partial charge on any atom is -0.281 e. The van der Waals surface area contributed by atoms with E-state index in [1.165, 1.54) is 0 Å². The zero-order valence-corrected chi connectivity index (χ0v) is 25.9. The molecule has 166 valence electrons. The van der Waals surface area contributed by atoms with Gasteiger partial charge in [-0.05, 0) is 144 Å². The SMILES string of the molecule is O=S(=O)(Nc1ccc(CCc2ccc(NS(=O)(=O)C(Br)(Br)Br)cc2)cc1)C(Br)(Br)Br. The van der Waals surface area contributed by atoms with Crippen LogP contribution in [-0.2, 0) is 32.9 Å². The highest BCUT2D eigenvalue weighted by atomic mass is 80.0. The summed E-state index contributed by atoms with van der Waals surface area (Å²) in [6.07, 6.45) is 1.48. The molecular formula is C16H14Br6N2O4S2. The number of rotatable bonds is 7. The van der Waals surface area contributed by atoms with Gasteiger partial charge in [-0.3, -0.25) is 9.44 Å². The molecule has 0 saturated carbocycles. The molecule has 0 spiro atoms. The number of nitrogens with one attached hydrogen (secondary N) is 2. The predicted octanol–water partition coefficient (Wildman–Crippen LogP) is 6.55. The number of alkyl halides is 6. The van der Waals surface area contributed by atoms with E-state index < -0.39 is 23.0 Å². The maximum absolute atomic E-state index is 12.1. The van der Waals surface area contributed by atoms with E-state index in [4.69, 9.17) is 0 Å². The van der Waals surface area contributed by atoms with Crippen molar-refractivity contribution >= 4 is 127 Å². The number of halogens is 6. The highest BCUT2D eigenvalue weighted by molar-refractivity contribution is 9.42. The highest BCUT2D eigenvalue weighted by Crippen LogP contribution is 2.40. The van der Waals surface area contributed by atoms with Crippen LogP contribution < -0.4 is 9.44 Å². The predicted molar refractivity (Wildman–Crippen MR) is 144 cm³/mol. The zero-order valence-electron chi connectivity index (χ0n) is 14.8. The average molecular weight is 842 g/mol. The second-order valence-electron chi connectivity index (χ2n) is 6.00. The lowest BCUT2D eigenvalue weighted by Crippen LogP contribution is -2.25. The third-order valence-electron chi connectivity index (χ3n) is 3.72. The molecule has 6 nitrogen and oxygen atoms in total. The van der Waals surface area contributed by atoms with E-state index in [9.17, 15) is 16.8 Å². The van der Waals surface area contributed by atoms with Crippen LogP contribution in [0.25, 0.3) is 0 Å². The number of hydrogen-bond donors (Lipinski definition) is 2. The molecule has 0 heterocycles. The van der Waals surface area contributed by atoms with Crippen molar-refractivity contribution in [3.05, 3.63) is 59.7 Å². The fourth-order valence-electron chi connectivity index (χ4n) is 2.19. The molecule has 0 bridgehead atoms. The maximum Gasteiger partial charge on any atom is 0.269 e. The summed E-state index contributed by atoms with van der Waals surface area (Å²) in [5, 5.41) is 0. The first kappa shape index (κ1) is 27.1. The summed E-state index contributed by atoms with van der Waals surface area (Å²) in [5.74, 6) is 0. The van der Waals surface area contributed by atoms with Crippen molar-refractivity contribution in [1.82, 2.24) is 0 Å². The Kier molecular flexibility index (Phi) is 9.38. The summed E-state index contributed by atoms with van der Waals surface area (Å²) < 4.78 is 50.4. The van der Waals surface area contributed by atoms with Crippen molar-refractivity contribution in [3.8, 4) is 0 Å². The van der Waals surface area contributed by atoms with Crippen molar-refractivity contribution in [1.29, 1.82) is 0 Å². The van der Waals surface area contributed by atoms with E-state index in [0.29, 0.717) is 11.4 Å². The van der Waals surface area contributed by atoms with Crippen LogP contribution in [0.1, 0.15) is 11.1 Å². The first-order valence-corrected chi connectivity index (χ1v) is 15.7. The minimum atomic E-state index is -3.70. The van der Waals surface area contributed by atoms with Crippen molar-refractivity contribution in [2.24, 2.45) is 0 Å². The number of anilines is 2. The van der Waals surface area contributed by atoms with E-state index >= 15 is 0 Å². The van der Waals surface area contributed by atoms with Crippen LogP contribution in [0.4, 0.5) is 11.4 Å². The second kappa shape index (κ2) is 10.4. The van der Waals surface area contributed by atoms with Gasteiger partial charge in [0.05, 0.1) is 0 Å². The Morgan fingerprint density at radius 3 is 1.07 bits per heavy atom. The molecule has 0 radical (unpaired) electrons. The second-order valence-corrected chi connectivity index (χ2v) is 26.3. The molecule has 30 heavy (non-hydrogen) atoms. The van der Waals surface area contributed by atoms with E-state index in [2.05, 4.69) is 105 Å². The number of sulfonamides is 2. The van der Waals surface area contributed by atoms with Crippen molar-refractivity contribution in [2.75, 3.05) is 9.44 Å². The molecular weight excluding hydrogens is 828 g/mol. The Hall–Kier alpha value is 0.820. The molecule has 14 heteroatoms. The van der Waals surface area contributed by atoms with Gasteiger partial charge in [-0.15, -0.1) is 0 Å². The molecule has 0 aromatic heterocycles. The van der Waals surface area contributed by atoms with Crippen molar-refractivity contribution < 1.29 is 16.8 Å². The van der Waals surface area contributed by atoms with Crippen LogP contribution >= 0.6 is 95.6 Å². The molecule has 0 unspecified atom stereocenters. The van der Waals surface area contributed by atoms with Gasteiger partial charge in [-0.25, -0.2) is 16.8 Å². The van der Waals surface area contributed by atoms with Crippen LogP contribution in [0, 0.1) is 0 Å². The quantitative estimate of drug-likeness (QED) is 0.310. The van der Waals surface area contributed by atoms with Gasteiger partial charge in [0.25, 0.3) is 23.0 Å². The summed E-state index contributed by atoms with van der Waals surface area (Å²) in [6.45, 7) is 0. The van der Waals surface area contributed by atoms with Gasteiger partial charge in [-0.1, -0.05) is 24.3 Å². The van der Waals surface area contributed by atoms with Gasteiger partial charge in [-0.2, -0.15) is 0 Å².